The van der Waals surface area contributed by atoms with Gasteiger partial charge < -0.3 is 0 Å². The van der Waals surface area contributed by atoms with Gasteiger partial charge in [0.25, 0.3) is 0 Å². The fourth-order valence-corrected chi connectivity index (χ4v) is 0. The zero-order valence-corrected chi connectivity index (χ0v) is 38.7. The summed E-state index contributed by atoms with van der Waals surface area (Å²) in [5.74, 6) is 0. The molecule has 0 aromatic heterocycles. The summed E-state index contributed by atoms with van der Waals surface area (Å²) in [5.41, 5.74) is 0. The molecular formula is V21. The van der Waals surface area contributed by atoms with Gasteiger partial charge in [-0.25, -0.2) is 0 Å². The van der Waals surface area contributed by atoms with Crippen LogP contribution in [-0.4, -0.2) is 0 Å². The van der Waals surface area contributed by atoms with E-state index in [2.05, 4.69) is 87.8 Å². The standard InChI is InChI=1S/21V. The topological polar surface area (TPSA) is 0 Å². The molecule has 0 spiro atoms. The Kier molecular flexibility index (Phi) is 1480. The van der Waals surface area contributed by atoms with Crippen molar-refractivity contribution in [3.63, 3.8) is 0 Å². The number of hydrogen-bond acceptors (Lipinski definition) is 0. The normalized spacial score (nSPS) is 0.286. The van der Waals surface area contributed by atoms with Gasteiger partial charge in [-0.05, 0) is 0 Å². The van der Waals surface area contributed by atoms with Gasteiger partial charge in [0.2, 0.25) is 0 Å². The van der Waals surface area contributed by atoms with Crippen LogP contribution in [-0.2, 0) is 366 Å². The average molecular weight is 1070 g/mol. The predicted octanol–water partition coefficient (Wildman–Crippen LogP) is -0.0525. The predicted molar refractivity (Wildman–Crippen MR) is 0 cm³/mol. The van der Waals surface area contributed by atoms with E-state index in [0.717, 1.165) is 0 Å². The van der Waals surface area contributed by atoms with Crippen molar-refractivity contribution in [1.82, 2.24) is 0 Å². The third-order valence-corrected chi connectivity index (χ3v) is 0. The van der Waals surface area contributed by atoms with Crippen LogP contribution in [0, 0.1) is 0 Å². The molecule has 21 heavy (non-hydrogen) atoms. The van der Waals surface area contributed by atoms with Gasteiger partial charge in [-0.2, -0.15) is 0 Å². The Morgan fingerprint density at radius 2 is 0.143 bits per heavy atom. The van der Waals surface area contributed by atoms with E-state index in [1.807, 2.05) is 0 Å². The van der Waals surface area contributed by atoms with E-state index in [-0.39, 0.29) is 278 Å². The van der Waals surface area contributed by atoms with Crippen LogP contribution in [0.5, 0.6) is 0 Å². The molecule has 0 bridgehead atoms. The van der Waals surface area contributed by atoms with Crippen LogP contribution in [0.25, 0.3) is 0 Å². The van der Waals surface area contributed by atoms with Gasteiger partial charge in [0.05, 0.1) is 0 Å². The molecule has 0 nitrogen and oxygen atoms in total. The number of rotatable bonds is 0. The van der Waals surface area contributed by atoms with Crippen LogP contribution < -0.4 is 0 Å². The van der Waals surface area contributed by atoms with Gasteiger partial charge in [0.15, 0.2) is 0 Å². The second kappa shape index (κ2) is 210. The van der Waals surface area contributed by atoms with Crippen molar-refractivity contribution in [2.24, 2.45) is 0 Å². The Hall–Kier alpha value is 12.3. The van der Waals surface area contributed by atoms with Crippen molar-refractivity contribution in [1.29, 1.82) is 0 Å². The molecule has 0 amide bonds. The second-order valence-electron chi connectivity index (χ2n) is 0. The first-order chi connectivity index (χ1) is 3.00. The summed E-state index contributed by atoms with van der Waals surface area (Å²) in [6, 6.07) is 0. The second-order valence-corrected chi connectivity index (χ2v) is 0. The third-order valence-electron chi connectivity index (χ3n) is 0. The zero-order valence-electron chi connectivity index (χ0n) is 9.39. The first kappa shape index (κ1) is 149. The Balaban J connectivity index is -0.000000000296. The summed E-state index contributed by atoms with van der Waals surface area (Å²) in [7, 11) is 0. The van der Waals surface area contributed by atoms with Crippen molar-refractivity contribution >= 4 is 0 Å². The van der Waals surface area contributed by atoms with Gasteiger partial charge in [-0.1, -0.05) is 0 Å². The van der Waals surface area contributed by atoms with E-state index in [0.29, 0.717) is 0 Å². The molecule has 0 aromatic rings. The molecule has 0 heterocycles. The van der Waals surface area contributed by atoms with E-state index in [1.54, 1.807) is 0 Å². The van der Waals surface area contributed by atoms with Gasteiger partial charge in [-0.3, -0.25) is 0 Å². The van der Waals surface area contributed by atoms with Crippen molar-refractivity contribution in [2.45, 2.75) is 0 Å². The average Bonchev–Trinajstić information content (AvgIpc) is 1.81. The first-order valence-electron chi connectivity index (χ1n) is 0.600. The van der Waals surface area contributed by atoms with E-state index < -0.39 is 0 Å². The maximum atomic E-state index is 2.25. The third kappa shape index (κ3) is 196. The van der Waals surface area contributed by atoms with Crippen molar-refractivity contribution in [2.75, 3.05) is 0 Å². The van der Waals surface area contributed by atoms with Crippen LogP contribution in [0.1, 0.15) is 0 Å². The molecule has 0 rings (SSSR count). The SMILES string of the molecule is [V].[V].[V].[V].[V].[V].[V].[V].[V].[V].[V].[V].[V].[V].[V].[V]=[V].[V]=[V].[V]=[V]. The molecular weight excluding hydrogens is 1070 g/mol. The van der Waals surface area contributed by atoms with E-state index >= 15 is 0 Å². The Morgan fingerprint density at radius 3 is 0.143 bits per heavy atom. The molecule has 0 saturated carbocycles. The molecule has 0 saturated heterocycles. The quantitative estimate of drug-likeness (QED) is 0.320. The Labute approximate surface area is 356 Å². The van der Waals surface area contributed by atoms with Gasteiger partial charge in [-0.15, -0.1) is 0 Å². The zero-order chi connectivity index (χ0) is 6.00. The molecule has 0 unspecified atom stereocenters. The van der Waals surface area contributed by atoms with Crippen LogP contribution >= 0.6 is 0 Å². The van der Waals surface area contributed by atoms with Gasteiger partial charge in [0, 0.05) is 278 Å². The monoisotopic (exact) mass is 1070 g/mol. The van der Waals surface area contributed by atoms with Crippen LogP contribution in [0.15, 0.2) is 0 Å². The summed E-state index contributed by atoms with van der Waals surface area (Å²) >= 11 is 13.5. The molecule has 0 fully saturated rings. The van der Waals surface area contributed by atoms with E-state index in [4.69, 9.17) is 0 Å². The van der Waals surface area contributed by atoms with Crippen molar-refractivity contribution in [3.05, 3.63) is 0 Å². The first-order valence-corrected chi connectivity index (χ1v) is 10.2. The molecule has 0 aliphatic carbocycles. The molecule has 15 radical (unpaired) electrons. The van der Waals surface area contributed by atoms with E-state index in [1.165, 1.54) is 0 Å². The molecule has 0 N–H and O–H groups in total. The molecule has 0 atom stereocenters. The number of hydrogen-bond donors (Lipinski definition) is 0. The summed E-state index contributed by atoms with van der Waals surface area (Å²) in [5, 5.41) is 0. The van der Waals surface area contributed by atoms with Crippen molar-refractivity contribution < 1.29 is 366 Å². The summed E-state index contributed by atoms with van der Waals surface area (Å²) in [6.45, 7) is 0. The van der Waals surface area contributed by atoms with Crippen LogP contribution in [0.4, 0.5) is 0 Å². The van der Waals surface area contributed by atoms with Gasteiger partial charge in [0.1, 0.15) is 0 Å². The molecule has 105 valence electrons. The summed E-state index contributed by atoms with van der Waals surface area (Å²) < 4.78 is 0. The molecule has 0 aromatic carbocycles. The molecule has 0 aliphatic heterocycles. The van der Waals surface area contributed by atoms with Crippen LogP contribution in [0.3, 0.4) is 0 Å². The summed E-state index contributed by atoms with van der Waals surface area (Å²) in [4.78, 5) is 0. The molecule has 21 heteroatoms. The fraction of sp³-hybridized carbons (Fsp3) is 0. The van der Waals surface area contributed by atoms with E-state index in [9.17, 15) is 0 Å². The minimum absolute atomic E-state index is 0. The minimum atomic E-state index is 0. The maximum absolute atomic E-state index is 2.25. The fourth-order valence-electron chi connectivity index (χ4n) is 0. The molecule has 0 aliphatic rings. The van der Waals surface area contributed by atoms with Gasteiger partial charge >= 0.3 is 87.8 Å². The van der Waals surface area contributed by atoms with Crippen LogP contribution in [0.2, 0.25) is 0 Å². The Morgan fingerprint density at radius 1 is 0.143 bits per heavy atom. The summed E-state index contributed by atoms with van der Waals surface area (Å²) in [6.07, 6.45) is 0. The van der Waals surface area contributed by atoms with Crippen molar-refractivity contribution in [3.8, 4) is 0 Å². The Bertz CT molecular complexity index is 4.75.